The largest absolute Gasteiger partial charge is 0.345 e. The molecule has 1 aliphatic rings. The average molecular weight is 260 g/mol. The predicted molar refractivity (Wildman–Crippen MR) is 47.5 cm³/mol. The second-order valence-corrected chi connectivity index (χ2v) is 4.84. The first-order valence-corrected chi connectivity index (χ1v) is 5.75. The van der Waals surface area contributed by atoms with Gasteiger partial charge in [-0.2, -0.15) is 0 Å². The van der Waals surface area contributed by atoms with E-state index in [4.69, 9.17) is 33.0 Å². The summed E-state index contributed by atoms with van der Waals surface area (Å²) in [6.07, 6.45) is -1.02. The van der Waals surface area contributed by atoms with Gasteiger partial charge in [-0.25, -0.2) is 0 Å². The van der Waals surface area contributed by atoms with Crippen LogP contribution < -0.4 is 0 Å². The highest BCUT2D eigenvalue weighted by Gasteiger charge is 2.39. The normalized spacial score (nSPS) is 18.4. The van der Waals surface area contributed by atoms with Crippen LogP contribution in [0, 0.1) is 0 Å². The molecular formula is C5H4Cl2NO5P. The fourth-order valence-electron chi connectivity index (χ4n) is 0.830. The second-order valence-electron chi connectivity index (χ2n) is 2.47. The van der Waals surface area contributed by atoms with Crippen molar-refractivity contribution in [2.45, 2.75) is 0 Å². The summed E-state index contributed by atoms with van der Waals surface area (Å²) in [5, 5.41) is -1.05. The first kappa shape index (κ1) is 11.7. The molecular weight excluding hydrogens is 256 g/mol. The van der Waals surface area contributed by atoms with Crippen LogP contribution in [0.4, 0.5) is 0 Å². The molecule has 0 spiro atoms. The van der Waals surface area contributed by atoms with Crippen molar-refractivity contribution < 1.29 is 23.9 Å². The molecule has 0 aromatic heterocycles. The lowest BCUT2D eigenvalue weighted by Crippen LogP contribution is -2.32. The molecule has 2 amide bonds. The molecule has 0 atom stereocenters. The Labute approximate surface area is 88.2 Å². The lowest BCUT2D eigenvalue weighted by atomic mass is 10.5. The number of amides is 2. The third-order valence-electron chi connectivity index (χ3n) is 1.38. The van der Waals surface area contributed by atoms with Gasteiger partial charge in [-0.05, 0) is 0 Å². The fourth-order valence-corrected chi connectivity index (χ4v) is 1.82. The van der Waals surface area contributed by atoms with E-state index in [-0.39, 0.29) is 0 Å². The van der Waals surface area contributed by atoms with Gasteiger partial charge in [0, 0.05) is 0 Å². The minimum atomic E-state index is -4.50. The van der Waals surface area contributed by atoms with Crippen LogP contribution >= 0.6 is 30.8 Å². The van der Waals surface area contributed by atoms with E-state index in [1.54, 1.807) is 0 Å². The molecule has 0 radical (unpaired) electrons. The molecule has 0 aromatic rings. The predicted octanol–water partition coefficient (Wildman–Crippen LogP) is 0.180. The zero-order valence-corrected chi connectivity index (χ0v) is 8.88. The van der Waals surface area contributed by atoms with Crippen molar-refractivity contribution in [1.82, 2.24) is 4.90 Å². The van der Waals surface area contributed by atoms with Gasteiger partial charge in [-0.15, -0.1) is 0 Å². The molecule has 6 nitrogen and oxygen atoms in total. The van der Waals surface area contributed by atoms with Crippen molar-refractivity contribution >= 4 is 42.6 Å². The Bertz CT molecular complexity index is 362. The Morgan fingerprint density at radius 1 is 1.14 bits per heavy atom. The number of hydrogen-bond donors (Lipinski definition) is 2. The number of hydrogen-bond acceptors (Lipinski definition) is 3. The number of rotatable bonds is 2. The van der Waals surface area contributed by atoms with Gasteiger partial charge in [-0.3, -0.25) is 19.1 Å². The van der Waals surface area contributed by atoms with Gasteiger partial charge < -0.3 is 9.79 Å². The second kappa shape index (κ2) is 3.64. The van der Waals surface area contributed by atoms with E-state index in [9.17, 15) is 14.2 Å². The lowest BCUT2D eigenvalue weighted by molar-refractivity contribution is -0.136. The maximum atomic E-state index is 11.1. The summed E-state index contributed by atoms with van der Waals surface area (Å²) in [5.41, 5.74) is 0. The Morgan fingerprint density at radius 3 is 1.79 bits per heavy atom. The van der Waals surface area contributed by atoms with Crippen molar-refractivity contribution in [3.63, 3.8) is 0 Å². The van der Waals surface area contributed by atoms with E-state index in [1.807, 2.05) is 0 Å². The number of halogens is 2. The Morgan fingerprint density at radius 2 is 1.50 bits per heavy atom. The summed E-state index contributed by atoms with van der Waals surface area (Å²) < 4.78 is 10.5. The van der Waals surface area contributed by atoms with Crippen molar-refractivity contribution in [1.29, 1.82) is 0 Å². The standard InChI is InChI=1S/C5H4Cl2NO5P/c6-2-3(7)5(10)8(4(2)9)1-14(11,12)13/h1H2,(H2,11,12,13). The summed E-state index contributed by atoms with van der Waals surface area (Å²) in [7, 11) is -4.50. The van der Waals surface area contributed by atoms with Crippen LogP contribution in [0.1, 0.15) is 0 Å². The number of carbonyl (C=O) groups excluding carboxylic acids is 2. The highest BCUT2D eigenvalue weighted by atomic mass is 35.5. The SMILES string of the molecule is O=C1C(Cl)=C(Cl)C(=O)N1CP(=O)(O)O. The summed E-state index contributed by atoms with van der Waals surface area (Å²) >= 11 is 10.6. The zero-order chi connectivity index (χ0) is 11.1. The topological polar surface area (TPSA) is 94.9 Å². The zero-order valence-electron chi connectivity index (χ0n) is 6.48. The molecule has 14 heavy (non-hydrogen) atoms. The van der Waals surface area contributed by atoms with Crippen LogP contribution in [0.3, 0.4) is 0 Å². The van der Waals surface area contributed by atoms with Crippen LogP contribution in [-0.2, 0) is 14.2 Å². The first-order chi connectivity index (χ1) is 6.24. The highest BCUT2D eigenvalue weighted by Crippen LogP contribution is 2.38. The number of imide groups is 1. The van der Waals surface area contributed by atoms with Gasteiger partial charge in [0.15, 0.2) is 0 Å². The molecule has 0 saturated carbocycles. The fraction of sp³-hybridized carbons (Fsp3) is 0.200. The van der Waals surface area contributed by atoms with Crippen molar-refractivity contribution in [2.24, 2.45) is 0 Å². The molecule has 0 aliphatic carbocycles. The number of nitrogens with zero attached hydrogens (tertiary/aromatic N) is 1. The van der Waals surface area contributed by atoms with Gasteiger partial charge in [0.25, 0.3) is 11.8 Å². The molecule has 0 fully saturated rings. The van der Waals surface area contributed by atoms with Crippen LogP contribution in [0.2, 0.25) is 0 Å². The minimum Gasteiger partial charge on any atom is -0.323 e. The van der Waals surface area contributed by atoms with Gasteiger partial charge in [-0.1, -0.05) is 23.2 Å². The Kier molecular flexibility index (Phi) is 3.04. The van der Waals surface area contributed by atoms with Gasteiger partial charge in [0.1, 0.15) is 16.4 Å². The van der Waals surface area contributed by atoms with Crippen LogP contribution in [0.5, 0.6) is 0 Å². The monoisotopic (exact) mass is 259 g/mol. The van der Waals surface area contributed by atoms with E-state index in [1.165, 1.54) is 0 Å². The maximum Gasteiger partial charge on any atom is 0.345 e. The first-order valence-electron chi connectivity index (χ1n) is 3.20. The molecule has 2 N–H and O–H groups in total. The summed E-state index contributed by atoms with van der Waals surface area (Å²) in [5.74, 6) is -1.99. The summed E-state index contributed by atoms with van der Waals surface area (Å²) in [6.45, 7) is 0. The third kappa shape index (κ3) is 2.16. The van der Waals surface area contributed by atoms with Crippen LogP contribution in [-0.4, -0.2) is 32.8 Å². The molecule has 0 bridgehead atoms. The third-order valence-corrected chi connectivity index (χ3v) is 2.83. The maximum absolute atomic E-state index is 11.1. The minimum absolute atomic E-state index is 0.311. The molecule has 0 saturated heterocycles. The Hall–Kier alpha value is -0.390. The van der Waals surface area contributed by atoms with Crippen molar-refractivity contribution in [3.8, 4) is 0 Å². The molecule has 1 aliphatic heterocycles. The quantitative estimate of drug-likeness (QED) is 0.545. The lowest BCUT2D eigenvalue weighted by Gasteiger charge is -2.14. The van der Waals surface area contributed by atoms with E-state index in [0.717, 1.165) is 0 Å². The molecule has 78 valence electrons. The molecule has 0 aromatic carbocycles. The van der Waals surface area contributed by atoms with Crippen LogP contribution in [0.15, 0.2) is 10.1 Å². The van der Waals surface area contributed by atoms with Gasteiger partial charge in [0.05, 0.1) is 0 Å². The Balaban J connectivity index is 2.94. The molecule has 1 rings (SSSR count). The van der Waals surface area contributed by atoms with Gasteiger partial charge >= 0.3 is 7.60 Å². The molecule has 1 heterocycles. The number of carbonyl (C=O) groups is 2. The van der Waals surface area contributed by atoms with E-state index >= 15 is 0 Å². The van der Waals surface area contributed by atoms with Gasteiger partial charge in [0.2, 0.25) is 0 Å². The van der Waals surface area contributed by atoms with E-state index in [2.05, 4.69) is 0 Å². The van der Waals surface area contributed by atoms with E-state index in [0.29, 0.717) is 4.90 Å². The van der Waals surface area contributed by atoms with Crippen molar-refractivity contribution in [3.05, 3.63) is 10.1 Å². The molecule has 0 unspecified atom stereocenters. The summed E-state index contributed by atoms with van der Waals surface area (Å²) in [6, 6.07) is 0. The van der Waals surface area contributed by atoms with Crippen molar-refractivity contribution in [2.75, 3.05) is 6.29 Å². The average Bonchev–Trinajstić information content (AvgIpc) is 2.20. The van der Waals surface area contributed by atoms with Crippen LogP contribution in [0.25, 0.3) is 0 Å². The highest BCUT2D eigenvalue weighted by molar-refractivity contribution is 7.51. The molecule has 9 heteroatoms. The summed E-state index contributed by atoms with van der Waals surface area (Å²) in [4.78, 5) is 39.6. The smallest absolute Gasteiger partial charge is 0.323 e. The van der Waals surface area contributed by atoms with E-state index < -0.39 is 35.8 Å².